The van der Waals surface area contributed by atoms with Crippen LogP contribution in [0.15, 0.2) is 23.6 Å². The molecular formula is C11H14ClNS. The van der Waals surface area contributed by atoms with Crippen molar-refractivity contribution in [1.29, 1.82) is 0 Å². The molecule has 2 aromatic rings. The zero-order valence-electron chi connectivity index (χ0n) is 8.12. The smallest absolute Gasteiger partial charge is 0.0372 e. The average molecular weight is 228 g/mol. The lowest BCUT2D eigenvalue weighted by Gasteiger charge is -2.02. The molecule has 0 aliphatic heterocycles. The van der Waals surface area contributed by atoms with E-state index in [0.29, 0.717) is 0 Å². The normalized spacial score (nSPS) is 10.1. The summed E-state index contributed by atoms with van der Waals surface area (Å²) in [4.78, 5) is 0. The fraction of sp³-hybridized carbons (Fsp3) is 0.273. The Kier molecular flexibility index (Phi) is 3.93. The first kappa shape index (κ1) is 11.5. The first-order valence-corrected chi connectivity index (χ1v) is 5.36. The molecule has 3 heteroatoms. The number of hydrogen-bond acceptors (Lipinski definition) is 2. The maximum absolute atomic E-state index is 5.53. The Morgan fingerprint density at radius 3 is 2.86 bits per heavy atom. The Hall–Kier alpha value is -0.570. The third kappa shape index (κ3) is 2.08. The number of hydrogen-bond donors (Lipinski definition) is 1. The molecule has 0 spiro atoms. The monoisotopic (exact) mass is 227 g/mol. The van der Waals surface area contributed by atoms with E-state index in [1.54, 1.807) is 0 Å². The molecule has 0 amide bonds. The van der Waals surface area contributed by atoms with E-state index in [9.17, 15) is 0 Å². The van der Waals surface area contributed by atoms with Gasteiger partial charge in [-0.2, -0.15) is 0 Å². The van der Waals surface area contributed by atoms with Gasteiger partial charge in [-0.15, -0.1) is 23.7 Å². The summed E-state index contributed by atoms with van der Waals surface area (Å²) in [5, 5.41) is 3.50. The molecule has 0 fully saturated rings. The Labute approximate surface area is 94.3 Å². The van der Waals surface area contributed by atoms with Crippen LogP contribution in [0.2, 0.25) is 0 Å². The molecule has 0 aliphatic carbocycles. The highest BCUT2D eigenvalue weighted by molar-refractivity contribution is 7.17. The van der Waals surface area contributed by atoms with Gasteiger partial charge in [-0.3, -0.25) is 0 Å². The van der Waals surface area contributed by atoms with E-state index < -0.39 is 0 Å². The molecule has 1 heterocycles. The Bertz CT molecular complexity index is 422. The van der Waals surface area contributed by atoms with Gasteiger partial charge in [0.1, 0.15) is 0 Å². The Morgan fingerprint density at radius 2 is 2.14 bits per heavy atom. The Morgan fingerprint density at radius 1 is 1.36 bits per heavy atom. The predicted molar refractivity (Wildman–Crippen MR) is 66.6 cm³/mol. The molecule has 0 aliphatic rings. The zero-order chi connectivity index (χ0) is 9.26. The van der Waals surface area contributed by atoms with E-state index in [-0.39, 0.29) is 12.4 Å². The molecule has 1 nitrogen and oxygen atoms in total. The van der Waals surface area contributed by atoms with Crippen LogP contribution in [0.5, 0.6) is 0 Å². The SMILES string of the molecule is Cc1cc(CCN)cc2ccsc12.Cl. The molecule has 2 rings (SSSR count). The number of thiophene rings is 1. The zero-order valence-corrected chi connectivity index (χ0v) is 9.75. The highest BCUT2D eigenvalue weighted by atomic mass is 35.5. The van der Waals surface area contributed by atoms with E-state index >= 15 is 0 Å². The largest absolute Gasteiger partial charge is 0.330 e. The summed E-state index contributed by atoms with van der Waals surface area (Å²) < 4.78 is 1.40. The number of nitrogens with two attached hydrogens (primary N) is 1. The average Bonchev–Trinajstić information content (AvgIpc) is 2.53. The lowest BCUT2D eigenvalue weighted by atomic mass is 10.1. The van der Waals surface area contributed by atoms with Gasteiger partial charge in [0.15, 0.2) is 0 Å². The van der Waals surface area contributed by atoms with Gasteiger partial charge in [0.25, 0.3) is 0 Å². The van der Waals surface area contributed by atoms with E-state index in [0.717, 1.165) is 13.0 Å². The number of halogens is 1. The van der Waals surface area contributed by atoms with Crippen molar-refractivity contribution in [3.63, 3.8) is 0 Å². The summed E-state index contributed by atoms with van der Waals surface area (Å²) in [6, 6.07) is 6.66. The van der Waals surface area contributed by atoms with Crippen LogP contribution in [0.4, 0.5) is 0 Å². The van der Waals surface area contributed by atoms with Crippen molar-refractivity contribution in [1.82, 2.24) is 0 Å². The molecular weight excluding hydrogens is 214 g/mol. The standard InChI is InChI=1S/C11H13NS.ClH/c1-8-6-9(2-4-12)7-10-3-5-13-11(8)10;/h3,5-7H,2,4,12H2,1H3;1H. The quantitative estimate of drug-likeness (QED) is 0.838. The van der Waals surface area contributed by atoms with Gasteiger partial charge in [-0.25, -0.2) is 0 Å². The van der Waals surface area contributed by atoms with Gasteiger partial charge in [0.2, 0.25) is 0 Å². The first-order chi connectivity index (χ1) is 6.31. The lowest BCUT2D eigenvalue weighted by Crippen LogP contribution is -2.02. The van der Waals surface area contributed by atoms with Gasteiger partial charge in [-0.05, 0) is 47.8 Å². The topological polar surface area (TPSA) is 26.0 Å². The minimum Gasteiger partial charge on any atom is -0.330 e. The van der Waals surface area contributed by atoms with Crippen molar-refractivity contribution >= 4 is 33.8 Å². The summed E-state index contributed by atoms with van der Waals surface area (Å²) in [7, 11) is 0. The van der Waals surface area contributed by atoms with Gasteiger partial charge < -0.3 is 5.73 Å². The third-order valence-corrected chi connectivity index (χ3v) is 3.30. The molecule has 0 atom stereocenters. The van der Waals surface area contributed by atoms with Crippen LogP contribution in [0.1, 0.15) is 11.1 Å². The van der Waals surface area contributed by atoms with Crippen molar-refractivity contribution in [2.24, 2.45) is 5.73 Å². The maximum Gasteiger partial charge on any atom is 0.0372 e. The first-order valence-electron chi connectivity index (χ1n) is 4.48. The lowest BCUT2D eigenvalue weighted by molar-refractivity contribution is 0.969. The van der Waals surface area contributed by atoms with E-state index in [4.69, 9.17) is 5.73 Å². The Balaban J connectivity index is 0.000000980. The summed E-state index contributed by atoms with van der Waals surface area (Å²) >= 11 is 1.81. The molecule has 0 saturated heterocycles. The molecule has 0 bridgehead atoms. The molecule has 0 saturated carbocycles. The van der Waals surface area contributed by atoms with Gasteiger partial charge in [0.05, 0.1) is 0 Å². The van der Waals surface area contributed by atoms with E-state index in [1.165, 1.54) is 21.2 Å². The number of aryl methyl sites for hydroxylation is 1. The minimum absolute atomic E-state index is 0. The van der Waals surface area contributed by atoms with Crippen LogP contribution >= 0.6 is 23.7 Å². The van der Waals surface area contributed by atoms with Crippen molar-refractivity contribution in [3.8, 4) is 0 Å². The van der Waals surface area contributed by atoms with Gasteiger partial charge >= 0.3 is 0 Å². The molecule has 76 valence electrons. The van der Waals surface area contributed by atoms with Crippen molar-refractivity contribution in [2.45, 2.75) is 13.3 Å². The summed E-state index contributed by atoms with van der Waals surface area (Å²) in [6.45, 7) is 2.90. The number of rotatable bonds is 2. The summed E-state index contributed by atoms with van der Waals surface area (Å²) in [6.07, 6.45) is 0.979. The molecule has 2 N–H and O–H groups in total. The highest BCUT2D eigenvalue weighted by Gasteiger charge is 2.00. The number of fused-ring (bicyclic) bond motifs is 1. The van der Waals surface area contributed by atoms with E-state index in [2.05, 4.69) is 30.5 Å². The van der Waals surface area contributed by atoms with Crippen molar-refractivity contribution < 1.29 is 0 Å². The number of benzene rings is 1. The van der Waals surface area contributed by atoms with Crippen molar-refractivity contribution in [2.75, 3.05) is 6.54 Å². The maximum atomic E-state index is 5.53. The van der Waals surface area contributed by atoms with Crippen LogP contribution < -0.4 is 5.73 Å². The third-order valence-electron chi connectivity index (χ3n) is 2.23. The van der Waals surface area contributed by atoms with E-state index in [1.807, 2.05) is 11.3 Å². The summed E-state index contributed by atoms with van der Waals surface area (Å²) in [5.41, 5.74) is 8.26. The van der Waals surface area contributed by atoms with Gasteiger partial charge in [0, 0.05) is 4.70 Å². The van der Waals surface area contributed by atoms with Crippen LogP contribution in [-0.4, -0.2) is 6.54 Å². The van der Waals surface area contributed by atoms with Crippen LogP contribution in [0, 0.1) is 6.92 Å². The van der Waals surface area contributed by atoms with Crippen molar-refractivity contribution in [3.05, 3.63) is 34.7 Å². The summed E-state index contributed by atoms with van der Waals surface area (Å²) in [5.74, 6) is 0. The van der Waals surface area contributed by atoms with Gasteiger partial charge in [-0.1, -0.05) is 12.1 Å². The molecule has 0 unspecified atom stereocenters. The van der Waals surface area contributed by atoms with Crippen LogP contribution in [0.3, 0.4) is 0 Å². The fourth-order valence-electron chi connectivity index (χ4n) is 1.65. The molecule has 14 heavy (non-hydrogen) atoms. The molecule has 1 aromatic carbocycles. The van der Waals surface area contributed by atoms with Crippen LogP contribution in [-0.2, 0) is 6.42 Å². The predicted octanol–water partition coefficient (Wildman–Crippen LogP) is 3.13. The fourth-order valence-corrected chi connectivity index (χ4v) is 2.51. The second-order valence-corrected chi connectivity index (χ2v) is 4.21. The molecule has 0 radical (unpaired) electrons. The highest BCUT2D eigenvalue weighted by Crippen LogP contribution is 2.25. The van der Waals surface area contributed by atoms with Crippen LogP contribution in [0.25, 0.3) is 10.1 Å². The second-order valence-electron chi connectivity index (χ2n) is 3.29. The second kappa shape index (κ2) is 4.78. The molecule has 1 aromatic heterocycles. The minimum atomic E-state index is 0.